The second kappa shape index (κ2) is 38.8. The van der Waals surface area contributed by atoms with Crippen LogP contribution in [0.2, 0.25) is 0 Å². The predicted molar refractivity (Wildman–Crippen MR) is 225 cm³/mol. The van der Waals surface area contributed by atoms with Crippen LogP contribution in [0.4, 0.5) is 0 Å². The number of nitrogens with one attached hydrogen (secondary N) is 1. The van der Waals surface area contributed by atoms with Crippen LogP contribution in [0.25, 0.3) is 0 Å². The van der Waals surface area contributed by atoms with Crippen molar-refractivity contribution >= 4 is 16.0 Å². The van der Waals surface area contributed by atoms with Crippen LogP contribution >= 0.6 is 0 Å². The molecule has 0 aromatic carbocycles. The summed E-state index contributed by atoms with van der Waals surface area (Å²) in [5.41, 5.74) is 0. The minimum Gasteiger partial charge on any atom is -0.391 e. The van der Waals surface area contributed by atoms with E-state index >= 15 is 0 Å². The maximum atomic E-state index is 12.5. The number of unbranched alkanes of at least 4 members (excludes halogenated alkanes) is 20. The minimum absolute atomic E-state index is 0.265. The number of aliphatic hydroxyl groups is 1. The van der Waals surface area contributed by atoms with Gasteiger partial charge in [-0.15, -0.1) is 0 Å². The topological polar surface area (TPSA) is 104 Å². The van der Waals surface area contributed by atoms with E-state index in [2.05, 4.69) is 79.9 Å². The standard InChI is InChI=1S/C45H81NO5S/c1-3-5-7-9-11-13-15-17-19-21-22-23-24-25-27-29-31-33-35-37-39-41-45(48)46-43(42-52(49,50)51)44(47)40-38-36-34-32-30-28-26-20-18-16-14-12-10-8-6-4-2/h5,7,11,13,17,19,22-23,25,27,43-44,47H,3-4,6,8-10,12,14-16,18,20-21,24,26,28-42H2,1-2H3,(H,46,48)(H,49,50,51)/b7-5-,13-11-,19-17-,23-22-,27-25-. The van der Waals surface area contributed by atoms with Crippen molar-refractivity contribution in [2.45, 2.75) is 212 Å². The van der Waals surface area contributed by atoms with E-state index in [4.69, 9.17) is 0 Å². The molecule has 0 saturated heterocycles. The van der Waals surface area contributed by atoms with E-state index in [-0.39, 0.29) is 5.91 Å². The molecule has 3 N–H and O–H groups in total. The Hall–Kier alpha value is -1.96. The zero-order chi connectivity index (χ0) is 38.2. The average molecular weight is 748 g/mol. The fraction of sp³-hybridized carbons (Fsp3) is 0.756. The molecule has 0 aromatic heterocycles. The van der Waals surface area contributed by atoms with Gasteiger partial charge < -0.3 is 10.4 Å². The molecule has 0 rings (SSSR count). The number of carbonyl (C=O) groups is 1. The zero-order valence-corrected chi connectivity index (χ0v) is 34.5. The molecule has 0 heterocycles. The SMILES string of the molecule is CC/C=C\C/C=C\C/C=C\C/C=C\C/C=C\CCCCCCCC(=O)NC(CS(=O)(=O)O)C(O)CCCCCCCCCCCCCCCCCC. The molecule has 2 unspecified atom stereocenters. The molecule has 2 atom stereocenters. The molecule has 0 aliphatic heterocycles. The number of aliphatic hydroxyl groups excluding tert-OH is 1. The lowest BCUT2D eigenvalue weighted by Gasteiger charge is -2.23. The molecule has 0 aromatic rings. The van der Waals surface area contributed by atoms with Gasteiger partial charge in [-0.1, -0.05) is 197 Å². The van der Waals surface area contributed by atoms with Crippen molar-refractivity contribution in [2.75, 3.05) is 5.75 Å². The summed E-state index contributed by atoms with van der Waals surface area (Å²) >= 11 is 0. The number of amides is 1. The summed E-state index contributed by atoms with van der Waals surface area (Å²) < 4.78 is 32.6. The Morgan fingerprint density at radius 3 is 1.37 bits per heavy atom. The monoisotopic (exact) mass is 748 g/mol. The van der Waals surface area contributed by atoms with Crippen LogP contribution in [-0.2, 0) is 14.9 Å². The van der Waals surface area contributed by atoms with Crippen molar-refractivity contribution in [1.82, 2.24) is 5.32 Å². The Morgan fingerprint density at radius 2 is 0.923 bits per heavy atom. The van der Waals surface area contributed by atoms with Crippen molar-refractivity contribution in [3.63, 3.8) is 0 Å². The summed E-state index contributed by atoms with van der Waals surface area (Å²) in [6.07, 6.45) is 53.1. The number of carbonyl (C=O) groups excluding carboxylic acids is 1. The molecule has 6 nitrogen and oxygen atoms in total. The molecule has 0 radical (unpaired) electrons. The fourth-order valence-electron chi connectivity index (χ4n) is 6.30. The predicted octanol–water partition coefficient (Wildman–Crippen LogP) is 12.9. The van der Waals surface area contributed by atoms with Gasteiger partial charge in [-0.2, -0.15) is 8.42 Å². The highest BCUT2D eigenvalue weighted by Gasteiger charge is 2.26. The fourth-order valence-corrected chi connectivity index (χ4v) is 7.06. The minimum atomic E-state index is -4.32. The van der Waals surface area contributed by atoms with E-state index in [1.54, 1.807) is 0 Å². The van der Waals surface area contributed by atoms with Gasteiger partial charge >= 0.3 is 0 Å². The number of rotatable bonds is 38. The molecule has 1 amide bonds. The quantitative estimate of drug-likeness (QED) is 0.0331. The molecule has 52 heavy (non-hydrogen) atoms. The van der Waals surface area contributed by atoms with Crippen molar-refractivity contribution in [3.05, 3.63) is 60.8 Å². The van der Waals surface area contributed by atoms with Gasteiger partial charge in [0.2, 0.25) is 5.91 Å². The van der Waals surface area contributed by atoms with Gasteiger partial charge in [-0.25, -0.2) is 0 Å². The molecule has 0 aliphatic carbocycles. The Labute approximate surface area is 321 Å². The Balaban J connectivity index is 3.91. The third kappa shape index (κ3) is 39.3. The largest absolute Gasteiger partial charge is 0.391 e. The van der Waals surface area contributed by atoms with Gasteiger partial charge in [0.15, 0.2) is 0 Å². The Kier molecular flexibility index (Phi) is 37.3. The molecule has 0 bridgehead atoms. The maximum absolute atomic E-state index is 12.5. The van der Waals surface area contributed by atoms with Crippen molar-refractivity contribution in [1.29, 1.82) is 0 Å². The highest BCUT2D eigenvalue weighted by atomic mass is 32.2. The summed E-state index contributed by atoms with van der Waals surface area (Å²) in [6, 6.07) is -0.984. The van der Waals surface area contributed by atoms with Crippen LogP contribution in [0.5, 0.6) is 0 Å². The Morgan fingerprint density at radius 1 is 0.538 bits per heavy atom. The molecule has 302 valence electrons. The van der Waals surface area contributed by atoms with Crippen LogP contribution in [0.3, 0.4) is 0 Å². The number of allylic oxidation sites excluding steroid dienone is 10. The first-order chi connectivity index (χ1) is 25.3. The van der Waals surface area contributed by atoms with Crippen molar-refractivity contribution in [3.8, 4) is 0 Å². The third-order valence-electron chi connectivity index (χ3n) is 9.49. The van der Waals surface area contributed by atoms with E-state index in [0.29, 0.717) is 12.8 Å². The van der Waals surface area contributed by atoms with Crippen LogP contribution in [0.15, 0.2) is 60.8 Å². The first-order valence-corrected chi connectivity index (χ1v) is 23.1. The molecule has 0 spiro atoms. The average Bonchev–Trinajstić information content (AvgIpc) is 3.11. The summed E-state index contributed by atoms with van der Waals surface area (Å²) in [7, 11) is -4.32. The van der Waals surface area contributed by atoms with Crippen LogP contribution in [0.1, 0.15) is 200 Å². The lowest BCUT2D eigenvalue weighted by Crippen LogP contribution is -2.47. The molecule has 7 heteroatoms. The van der Waals surface area contributed by atoms with E-state index in [1.807, 2.05) is 0 Å². The van der Waals surface area contributed by atoms with E-state index < -0.39 is 28.0 Å². The lowest BCUT2D eigenvalue weighted by atomic mass is 10.0. The first kappa shape index (κ1) is 50.0. The van der Waals surface area contributed by atoms with Gasteiger partial charge in [0.05, 0.1) is 17.9 Å². The summed E-state index contributed by atoms with van der Waals surface area (Å²) in [6.45, 7) is 4.41. The van der Waals surface area contributed by atoms with E-state index in [0.717, 1.165) is 89.9 Å². The van der Waals surface area contributed by atoms with Crippen LogP contribution in [0, 0.1) is 0 Å². The first-order valence-electron chi connectivity index (χ1n) is 21.5. The normalized spacial score (nSPS) is 13.8. The van der Waals surface area contributed by atoms with E-state index in [1.165, 1.54) is 83.5 Å². The van der Waals surface area contributed by atoms with Gasteiger partial charge in [-0.3, -0.25) is 9.35 Å². The summed E-state index contributed by atoms with van der Waals surface area (Å²) in [4.78, 5) is 12.5. The van der Waals surface area contributed by atoms with E-state index in [9.17, 15) is 22.9 Å². The Bertz CT molecular complexity index is 1050. The second-order valence-electron chi connectivity index (χ2n) is 14.6. The highest BCUT2D eigenvalue weighted by Crippen LogP contribution is 2.16. The summed E-state index contributed by atoms with van der Waals surface area (Å²) in [5.74, 6) is -0.923. The molecule has 0 aliphatic rings. The molecular formula is C45H81NO5S. The third-order valence-corrected chi connectivity index (χ3v) is 10.3. The summed E-state index contributed by atoms with van der Waals surface area (Å²) in [5, 5.41) is 13.4. The van der Waals surface area contributed by atoms with Crippen molar-refractivity contribution in [2.24, 2.45) is 0 Å². The lowest BCUT2D eigenvalue weighted by molar-refractivity contribution is -0.122. The zero-order valence-electron chi connectivity index (χ0n) is 33.7. The van der Waals surface area contributed by atoms with Gasteiger partial charge in [-0.05, 0) is 57.8 Å². The molecular weight excluding hydrogens is 667 g/mol. The molecule has 0 saturated carbocycles. The number of hydrogen-bond acceptors (Lipinski definition) is 4. The van der Waals surface area contributed by atoms with Crippen molar-refractivity contribution < 1.29 is 22.9 Å². The van der Waals surface area contributed by atoms with Gasteiger partial charge in [0.25, 0.3) is 10.1 Å². The van der Waals surface area contributed by atoms with Crippen LogP contribution in [-0.4, -0.2) is 41.9 Å². The number of hydrogen-bond donors (Lipinski definition) is 3. The van der Waals surface area contributed by atoms with Gasteiger partial charge in [0, 0.05) is 6.42 Å². The van der Waals surface area contributed by atoms with Crippen LogP contribution < -0.4 is 5.32 Å². The second-order valence-corrected chi connectivity index (χ2v) is 16.1. The maximum Gasteiger partial charge on any atom is 0.266 e. The smallest absolute Gasteiger partial charge is 0.266 e. The highest BCUT2D eigenvalue weighted by molar-refractivity contribution is 7.85. The van der Waals surface area contributed by atoms with Gasteiger partial charge in [0.1, 0.15) is 0 Å². The molecule has 0 fully saturated rings.